The highest BCUT2D eigenvalue weighted by Crippen LogP contribution is 2.52. The van der Waals surface area contributed by atoms with Crippen LogP contribution in [0.3, 0.4) is 0 Å². The van der Waals surface area contributed by atoms with Crippen LogP contribution in [-0.2, 0) is 14.3 Å². The van der Waals surface area contributed by atoms with Crippen LogP contribution in [0.4, 0.5) is 5.69 Å². The maximum atomic E-state index is 12.6. The third kappa shape index (κ3) is 1.30. The van der Waals surface area contributed by atoms with E-state index in [-0.39, 0.29) is 5.91 Å². The third-order valence-electron chi connectivity index (χ3n) is 4.45. The highest BCUT2D eigenvalue weighted by Gasteiger charge is 2.67. The number of rotatable bonds is 2. The van der Waals surface area contributed by atoms with E-state index in [1.165, 1.54) is 0 Å². The van der Waals surface area contributed by atoms with E-state index in [1.807, 2.05) is 36.4 Å². The Balaban J connectivity index is 1.76. The number of carbonyl (C=O) groups is 2. The number of anilines is 1. The first kappa shape index (κ1) is 11.7. The maximum Gasteiger partial charge on any atom is 0.310 e. The number of nitrogens with zero attached hydrogens (tertiary/aromatic N) is 1. The van der Waals surface area contributed by atoms with Crippen molar-refractivity contribution in [1.82, 2.24) is 0 Å². The number of fused-ring (bicyclic) bond motifs is 1. The molecule has 0 saturated carbocycles. The first-order chi connectivity index (χ1) is 9.62. The van der Waals surface area contributed by atoms with Crippen LogP contribution >= 0.6 is 0 Å². The topological polar surface area (TPSA) is 66.8 Å². The summed E-state index contributed by atoms with van der Waals surface area (Å²) >= 11 is 0. The maximum absolute atomic E-state index is 12.6. The smallest absolute Gasteiger partial charge is 0.310 e. The van der Waals surface area contributed by atoms with Gasteiger partial charge in [0.2, 0.25) is 5.91 Å². The molecule has 4 atom stereocenters. The van der Waals surface area contributed by atoms with E-state index in [2.05, 4.69) is 0 Å². The number of carboxylic acids is 1. The summed E-state index contributed by atoms with van der Waals surface area (Å²) in [6, 6.07) is 9.29. The lowest BCUT2D eigenvalue weighted by atomic mass is 9.77. The molecular formula is C15H13NO4. The summed E-state index contributed by atoms with van der Waals surface area (Å²) in [6.07, 6.45) is 3.17. The van der Waals surface area contributed by atoms with Crippen LogP contribution in [0.25, 0.3) is 0 Å². The second-order valence-electron chi connectivity index (χ2n) is 5.50. The number of amides is 1. The zero-order chi connectivity index (χ0) is 13.9. The van der Waals surface area contributed by atoms with Crippen molar-refractivity contribution in [1.29, 1.82) is 0 Å². The molecule has 2 saturated heterocycles. The normalized spacial score (nSPS) is 37.5. The average molecular weight is 271 g/mol. The second-order valence-corrected chi connectivity index (χ2v) is 5.50. The number of ether oxygens (including phenoxy) is 1. The van der Waals surface area contributed by atoms with Gasteiger partial charge in [-0.25, -0.2) is 0 Å². The molecule has 102 valence electrons. The molecule has 0 aliphatic carbocycles. The summed E-state index contributed by atoms with van der Waals surface area (Å²) in [6.45, 7) is 0.386. The largest absolute Gasteiger partial charge is 0.481 e. The number of hydrogen-bond acceptors (Lipinski definition) is 3. The van der Waals surface area contributed by atoms with E-state index in [0.717, 1.165) is 5.69 Å². The first-order valence-electron chi connectivity index (χ1n) is 6.59. The molecule has 1 spiro atoms. The minimum absolute atomic E-state index is 0.157. The van der Waals surface area contributed by atoms with Crippen molar-refractivity contribution in [2.75, 3.05) is 11.4 Å². The molecule has 4 rings (SSSR count). The van der Waals surface area contributed by atoms with Gasteiger partial charge >= 0.3 is 5.97 Å². The van der Waals surface area contributed by atoms with E-state index in [1.54, 1.807) is 11.0 Å². The standard InChI is InChI=1S/C15H13NO4/c17-13-12-11(14(18)19)10-6-7-15(12,20-10)8-16(13)9-4-2-1-3-5-9/h1-7,10-12H,8H2,(H,18,19)/t10-,11-,12+,15-/m0/s1. The SMILES string of the molecule is O=C(O)[C@H]1[C@@H]2C=C[C@@]3(CN(c4ccccc4)C(=O)[C@@H]13)O2. The van der Waals surface area contributed by atoms with Crippen molar-refractivity contribution in [2.45, 2.75) is 11.7 Å². The Kier molecular flexibility index (Phi) is 2.16. The molecule has 1 aromatic carbocycles. The number of para-hydroxylation sites is 1. The Morgan fingerprint density at radius 1 is 1.35 bits per heavy atom. The number of carbonyl (C=O) groups excluding carboxylic acids is 1. The van der Waals surface area contributed by atoms with Crippen LogP contribution in [-0.4, -0.2) is 35.2 Å². The van der Waals surface area contributed by atoms with Gasteiger partial charge in [-0.1, -0.05) is 30.4 Å². The molecule has 5 heteroatoms. The molecule has 0 aromatic heterocycles. The van der Waals surface area contributed by atoms with Gasteiger partial charge in [0.15, 0.2) is 0 Å². The monoisotopic (exact) mass is 271 g/mol. The van der Waals surface area contributed by atoms with E-state index in [0.29, 0.717) is 6.54 Å². The van der Waals surface area contributed by atoms with Gasteiger partial charge in [0.25, 0.3) is 0 Å². The third-order valence-corrected chi connectivity index (χ3v) is 4.45. The summed E-state index contributed by atoms with van der Waals surface area (Å²) in [5, 5.41) is 9.37. The number of aliphatic carboxylic acids is 1. The van der Waals surface area contributed by atoms with Crippen LogP contribution in [0.15, 0.2) is 42.5 Å². The molecular weight excluding hydrogens is 258 g/mol. The summed E-state index contributed by atoms with van der Waals surface area (Å²) in [5.41, 5.74) is 0.0200. The van der Waals surface area contributed by atoms with Gasteiger partial charge < -0.3 is 14.7 Å². The average Bonchev–Trinajstić information content (AvgIpc) is 3.08. The molecule has 2 bridgehead atoms. The van der Waals surface area contributed by atoms with Crippen LogP contribution in [0.5, 0.6) is 0 Å². The van der Waals surface area contributed by atoms with Gasteiger partial charge in [0.05, 0.1) is 18.6 Å². The molecule has 2 fully saturated rings. The quantitative estimate of drug-likeness (QED) is 0.817. The predicted octanol–water partition coefficient (Wildman–Crippen LogP) is 1.06. The van der Waals surface area contributed by atoms with E-state index >= 15 is 0 Å². The van der Waals surface area contributed by atoms with Crippen molar-refractivity contribution in [3.8, 4) is 0 Å². The van der Waals surface area contributed by atoms with Crippen LogP contribution in [0.1, 0.15) is 0 Å². The Labute approximate surface area is 115 Å². The minimum atomic E-state index is -0.963. The number of benzene rings is 1. The fourth-order valence-corrected chi connectivity index (χ4v) is 3.61. The molecule has 1 amide bonds. The van der Waals surface area contributed by atoms with Crippen LogP contribution in [0, 0.1) is 11.8 Å². The Bertz CT molecular complexity index is 626. The molecule has 0 radical (unpaired) electrons. The van der Waals surface area contributed by atoms with Gasteiger partial charge in [-0.3, -0.25) is 9.59 Å². The Morgan fingerprint density at radius 2 is 2.10 bits per heavy atom. The molecule has 5 nitrogen and oxygen atoms in total. The Morgan fingerprint density at radius 3 is 2.80 bits per heavy atom. The molecule has 3 aliphatic heterocycles. The molecule has 3 aliphatic rings. The van der Waals surface area contributed by atoms with Crippen molar-refractivity contribution in [3.05, 3.63) is 42.5 Å². The van der Waals surface area contributed by atoms with E-state index in [4.69, 9.17) is 4.74 Å². The van der Waals surface area contributed by atoms with Crippen molar-refractivity contribution < 1.29 is 19.4 Å². The first-order valence-corrected chi connectivity index (χ1v) is 6.59. The van der Waals surface area contributed by atoms with Gasteiger partial charge in [-0.2, -0.15) is 0 Å². The van der Waals surface area contributed by atoms with Crippen LogP contribution < -0.4 is 4.90 Å². The molecule has 1 N–H and O–H groups in total. The summed E-state index contributed by atoms with van der Waals surface area (Å²) in [5.74, 6) is -2.51. The lowest BCUT2D eigenvalue weighted by Crippen LogP contribution is -2.39. The van der Waals surface area contributed by atoms with Crippen molar-refractivity contribution in [2.24, 2.45) is 11.8 Å². The summed E-state index contributed by atoms with van der Waals surface area (Å²) < 4.78 is 5.83. The Hall–Kier alpha value is -2.14. The summed E-state index contributed by atoms with van der Waals surface area (Å²) in [4.78, 5) is 25.7. The fourth-order valence-electron chi connectivity index (χ4n) is 3.61. The lowest BCUT2D eigenvalue weighted by Gasteiger charge is -2.21. The van der Waals surface area contributed by atoms with Gasteiger partial charge in [0, 0.05) is 5.69 Å². The van der Waals surface area contributed by atoms with Crippen LogP contribution in [0.2, 0.25) is 0 Å². The van der Waals surface area contributed by atoms with Crippen molar-refractivity contribution >= 4 is 17.6 Å². The zero-order valence-electron chi connectivity index (χ0n) is 10.6. The summed E-state index contributed by atoms with van der Waals surface area (Å²) in [7, 11) is 0. The number of carboxylic acid groups (broad SMARTS) is 1. The number of hydrogen-bond donors (Lipinski definition) is 1. The predicted molar refractivity (Wildman–Crippen MR) is 70.2 cm³/mol. The zero-order valence-corrected chi connectivity index (χ0v) is 10.6. The second kappa shape index (κ2) is 3.70. The van der Waals surface area contributed by atoms with Gasteiger partial charge in [0.1, 0.15) is 11.5 Å². The van der Waals surface area contributed by atoms with Crippen molar-refractivity contribution in [3.63, 3.8) is 0 Å². The highest BCUT2D eigenvalue weighted by molar-refractivity contribution is 6.02. The van der Waals surface area contributed by atoms with E-state index in [9.17, 15) is 14.7 Å². The van der Waals surface area contributed by atoms with E-state index < -0.39 is 29.5 Å². The molecule has 0 unspecified atom stereocenters. The highest BCUT2D eigenvalue weighted by atomic mass is 16.5. The lowest BCUT2D eigenvalue weighted by molar-refractivity contribution is -0.146. The van der Waals surface area contributed by atoms with Gasteiger partial charge in [-0.15, -0.1) is 0 Å². The minimum Gasteiger partial charge on any atom is -0.481 e. The fraction of sp³-hybridized carbons (Fsp3) is 0.333. The molecule has 3 heterocycles. The molecule has 20 heavy (non-hydrogen) atoms. The molecule has 1 aromatic rings. The van der Waals surface area contributed by atoms with Gasteiger partial charge in [-0.05, 0) is 12.1 Å².